The molecular formula is C30H34N2O3. The monoisotopic (exact) mass is 470 g/mol. The van der Waals surface area contributed by atoms with Gasteiger partial charge in [-0.15, -0.1) is 0 Å². The first-order chi connectivity index (χ1) is 17.0. The summed E-state index contributed by atoms with van der Waals surface area (Å²) in [6, 6.07) is 23.7. The highest BCUT2D eigenvalue weighted by Gasteiger charge is 2.17. The molecule has 0 unspecified atom stereocenters. The van der Waals surface area contributed by atoms with E-state index in [2.05, 4.69) is 10.2 Å². The predicted molar refractivity (Wildman–Crippen MR) is 142 cm³/mol. The molecule has 35 heavy (non-hydrogen) atoms. The van der Waals surface area contributed by atoms with Crippen molar-refractivity contribution in [2.24, 2.45) is 0 Å². The molecule has 4 rings (SSSR count). The van der Waals surface area contributed by atoms with Crippen molar-refractivity contribution in [3.05, 3.63) is 89.5 Å². The largest absolute Gasteiger partial charge is 0.393 e. The Morgan fingerprint density at radius 3 is 1.91 bits per heavy atom. The van der Waals surface area contributed by atoms with Crippen molar-refractivity contribution in [2.45, 2.75) is 51.6 Å². The van der Waals surface area contributed by atoms with Crippen LogP contribution in [0.25, 0.3) is 0 Å². The zero-order chi connectivity index (χ0) is 24.6. The van der Waals surface area contributed by atoms with E-state index in [-0.39, 0.29) is 17.7 Å². The first-order valence-corrected chi connectivity index (χ1v) is 12.5. The Morgan fingerprint density at radius 1 is 0.829 bits per heavy atom. The molecule has 5 heteroatoms. The number of aliphatic hydroxyl groups is 1. The van der Waals surface area contributed by atoms with E-state index in [4.69, 9.17) is 0 Å². The minimum absolute atomic E-state index is 0.0968. The number of rotatable bonds is 10. The summed E-state index contributed by atoms with van der Waals surface area (Å²) < 4.78 is 0. The van der Waals surface area contributed by atoms with Gasteiger partial charge in [0.15, 0.2) is 5.78 Å². The van der Waals surface area contributed by atoms with Crippen molar-refractivity contribution in [3.8, 4) is 0 Å². The highest BCUT2D eigenvalue weighted by atomic mass is 16.3. The van der Waals surface area contributed by atoms with Gasteiger partial charge in [0.1, 0.15) is 5.78 Å². The van der Waals surface area contributed by atoms with Gasteiger partial charge in [-0.05, 0) is 78.9 Å². The maximum absolute atomic E-state index is 12.8. The van der Waals surface area contributed by atoms with Crippen molar-refractivity contribution in [1.29, 1.82) is 0 Å². The Kier molecular flexibility index (Phi) is 8.32. The summed E-state index contributed by atoms with van der Waals surface area (Å²) in [6.45, 7) is 3.71. The van der Waals surface area contributed by atoms with Crippen molar-refractivity contribution in [3.63, 3.8) is 0 Å². The lowest BCUT2D eigenvalue weighted by Crippen LogP contribution is -2.35. The second kappa shape index (κ2) is 11.8. The van der Waals surface area contributed by atoms with Gasteiger partial charge in [0.25, 0.3) is 0 Å². The number of ketones is 2. The number of aliphatic hydroxyl groups excluding tert-OH is 1. The number of piperidine rings is 1. The minimum atomic E-state index is -0.193. The maximum atomic E-state index is 12.8. The number of hydrogen-bond acceptors (Lipinski definition) is 5. The second-order valence-electron chi connectivity index (χ2n) is 9.35. The summed E-state index contributed by atoms with van der Waals surface area (Å²) in [6.07, 6.45) is 3.75. The molecule has 0 atom stereocenters. The van der Waals surface area contributed by atoms with Crippen LogP contribution in [0.3, 0.4) is 0 Å². The number of anilines is 3. The van der Waals surface area contributed by atoms with Crippen LogP contribution in [0, 0.1) is 0 Å². The Morgan fingerprint density at radius 2 is 1.37 bits per heavy atom. The normalized spacial score (nSPS) is 14.1. The number of benzene rings is 3. The van der Waals surface area contributed by atoms with Crippen LogP contribution >= 0.6 is 0 Å². The van der Waals surface area contributed by atoms with E-state index >= 15 is 0 Å². The van der Waals surface area contributed by atoms with Crippen LogP contribution in [0.5, 0.6) is 0 Å². The van der Waals surface area contributed by atoms with Gasteiger partial charge in [-0.3, -0.25) is 9.59 Å². The first kappa shape index (κ1) is 24.7. The number of nitrogens with one attached hydrogen (secondary N) is 1. The average molecular weight is 471 g/mol. The van der Waals surface area contributed by atoms with E-state index in [1.54, 1.807) is 0 Å². The van der Waals surface area contributed by atoms with Crippen LogP contribution < -0.4 is 10.2 Å². The highest BCUT2D eigenvalue weighted by Crippen LogP contribution is 2.22. The third kappa shape index (κ3) is 7.03. The van der Waals surface area contributed by atoms with Crippen LogP contribution in [0.1, 0.15) is 54.1 Å². The van der Waals surface area contributed by atoms with E-state index in [9.17, 15) is 14.7 Å². The van der Waals surface area contributed by atoms with E-state index < -0.39 is 0 Å². The average Bonchev–Trinajstić information content (AvgIpc) is 2.87. The lowest BCUT2D eigenvalue weighted by molar-refractivity contribution is -0.118. The van der Waals surface area contributed by atoms with Crippen LogP contribution in [0.15, 0.2) is 72.8 Å². The Hall–Kier alpha value is -3.44. The SMILES string of the molecule is CCCC(=O)Cc1ccc(Nc2ccc(CC(=O)c3ccc(N4CCC(O)CC4)cc3)cc2)cc1. The maximum Gasteiger partial charge on any atom is 0.167 e. The van der Waals surface area contributed by atoms with Crippen molar-refractivity contribution >= 4 is 28.6 Å². The molecule has 3 aromatic carbocycles. The van der Waals surface area contributed by atoms with Crippen LogP contribution in [-0.2, 0) is 17.6 Å². The van der Waals surface area contributed by atoms with Crippen LogP contribution in [-0.4, -0.2) is 35.9 Å². The molecule has 182 valence electrons. The minimum Gasteiger partial charge on any atom is -0.393 e. The third-order valence-corrected chi connectivity index (χ3v) is 6.51. The summed E-state index contributed by atoms with van der Waals surface area (Å²) >= 11 is 0. The summed E-state index contributed by atoms with van der Waals surface area (Å²) in [5.74, 6) is 0.372. The van der Waals surface area contributed by atoms with Gasteiger partial charge < -0.3 is 15.3 Å². The smallest absolute Gasteiger partial charge is 0.167 e. The zero-order valence-corrected chi connectivity index (χ0v) is 20.4. The lowest BCUT2D eigenvalue weighted by atomic mass is 10.0. The van der Waals surface area contributed by atoms with Gasteiger partial charge in [0.05, 0.1) is 6.10 Å². The fourth-order valence-corrected chi connectivity index (χ4v) is 4.44. The molecule has 2 N–H and O–H groups in total. The Balaban J connectivity index is 1.29. The molecule has 0 radical (unpaired) electrons. The number of carbonyl (C=O) groups is 2. The first-order valence-electron chi connectivity index (χ1n) is 12.5. The molecule has 0 amide bonds. The molecule has 1 aliphatic heterocycles. The molecule has 1 saturated heterocycles. The van der Waals surface area contributed by atoms with Gasteiger partial charge in [0.2, 0.25) is 0 Å². The summed E-state index contributed by atoms with van der Waals surface area (Å²) in [4.78, 5) is 26.9. The van der Waals surface area contributed by atoms with Gasteiger partial charge in [-0.1, -0.05) is 31.2 Å². The lowest BCUT2D eigenvalue weighted by Gasteiger charge is -2.31. The molecule has 5 nitrogen and oxygen atoms in total. The van der Waals surface area contributed by atoms with Gasteiger partial charge in [-0.2, -0.15) is 0 Å². The highest BCUT2D eigenvalue weighted by molar-refractivity contribution is 5.97. The van der Waals surface area contributed by atoms with Gasteiger partial charge in [-0.25, -0.2) is 0 Å². The van der Waals surface area contributed by atoms with Gasteiger partial charge in [0, 0.05) is 55.0 Å². The number of carbonyl (C=O) groups excluding carboxylic acids is 2. The van der Waals surface area contributed by atoms with E-state index in [0.717, 1.165) is 60.5 Å². The molecule has 1 aliphatic rings. The molecule has 0 spiro atoms. The number of hydrogen-bond donors (Lipinski definition) is 2. The second-order valence-corrected chi connectivity index (χ2v) is 9.35. The molecule has 3 aromatic rings. The standard InChI is InChI=1S/C30H34N2O3/c1-2-3-29(34)20-22-4-10-25(11-5-22)31-26-12-6-23(7-13-26)21-30(35)24-8-14-27(15-9-24)32-18-16-28(33)17-19-32/h4-15,28,31,33H,2-3,16-21H2,1H3. The fourth-order valence-electron chi connectivity index (χ4n) is 4.44. The molecule has 0 aromatic heterocycles. The molecule has 0 bridgehead atoms. The molecular weight excluding hydrogens is 436 g/mol. The molecule has 1 fully saturated rings. The number of Topliss-reactive ketones (excluding diaryl/α,β-unsaturated/α-hetero) is 2. The zero-order valence-electron chi connectivity index (χ0n) is 20.4. The molecule has 0 aliphatic carbocycles. The fraction of sp³-hybridized carbons (Fsp3) is 0.333. The Labute approximate surface area is 207 Å². The third-order valence-electron chi connectivity index (χ3n) is 6.51. The van der Waals surface area contributed by atoms with Crippen molar-refractivity contribution in [1.82, 2.24) is 0 Å². The van der Waals surface area contributed by atoms with E-state index in [1.807, 2.05) is 79.7 Å². The summed E-state index contributed by atoms with van der Waals surface area (Å²) in [7, 11) is 0. The molecule has 1 heterocycles. The Bertz CT molecular complexity index is 1110. The van der Waals surface area contributed by atoms with Crippen LogP contribution in [0.2, 0.25) is 0 Å². The summed E-state index contributed by atoms with van der Waals surface area (Å²) in [5.41, 5.74) is 5.73. The molecule has 0 saturated carbocycles. The van der Waals surface area contributed by atoms with Crippen molar-refractivity contribution < 1.29 is 14.7 Å². The van der Waals surface area contributed by atoms with E-state index in [1.165, 1.54) is 0 Å². The quantitative estimate of drug-likeness (QED) is 0.371. The van der Waals surface area contributed by atoms with E-state index in [0.29, 0.717) is 24.8 Å². The van der Waals surface area contributed by atoms with Gasteiger partial charge >= 0.3 is 0 Å². The topological polar surface area (TPSA) is 69.6 Å². The number of nitrogens with zero attached hydrogens (tertiary/aromatic N) is 1. The van der Waals surface area contributed by atoms with Crippen molar-refractivity contribution in [2.75, 3.05) is 23.3 Å². The predicted octanol–water partition coefficient (Wildman–Crippen LogP) is 5.73. The summed E-state index contributed by atoms with van der Waals surface area (Å²) in [5, 5.41) is 13.1. The van der Waals surface area contributed by atoms with Crippen LogP contribution in [0.4, 0.5) is 17.1 Å².